The molecule has 1 heteroatoms. The zero-order valence-electron chi connectivity index (χ0n) is 13.0. The molecule has 0 radical (unpaired) electrons. The van der Waals surface area contributed by atoms with E-state index in [2.05, 4.69) is 57.3 Å². The summed E-state index contributed by atoms with van der Waals surface area (Å²) in [5, 5.41) is 3.72. The quantitative estimate of drug-likeness (QED) is 0.772. The largest absolute Gasteiger partial charge is 0.310 e. The van der Waals surface area contributed by atoms with Crippen LogP contribution in [0.4, 0.5) is 0 Å². The number of benzene rings is 1. The fourth-order valence-electron chi connectivity index (χ4n) is 2.56. The van der Waals surface area contributed by atoms with Crippen LogP contribution in [-0.4, -0.2) is 6.54 Å². The Kier molecular flexibility index (Phi) is 4.67. The minimum atomic E-state index is 0.251. The van der Waals surface area contributed by atoms with Gasteiger partial charge in [0, 0.05) is 6.04 Å². The van der Waals surface area contributed by atoms with Crippen LogP contribution in [0.5, 0.6) is 0 Å². The molecule has 1 aromatic carbocycles. The van der Waals surface area contributed by atoms with E-state index in [9.17, 15) is 0 Å². The van der Waals surface area contributed by atoms with Gasteiger partial charge in [-0.3, -0.25) is 0 Å². The van der Waals surface area contributed by atoms with E-state index in [1.54, 1.807) is 0 Å². The summed E-state index contributed by atoms with van der Waals surface area (Å²) in [7, 11) is 0. The van der Waals surface area contributed by atoms with Crippen molar-refractivity contribution in [3.8, 4) is 0 Å². The Bertz CT molecular complexity index is 381. The van der Waals surface area contributed by atoms with Gasteiger partial charge < -0.3 is 5.32 Å². The van der Waals surface area contributed by atoms with Crippen LogP contribution in [0.15, 0.2) is 24.3 Å². The molecule has 1 saturated carbocycles. The van der Waals surface area contributed by atoms with Crippen LogP contribution in [-0.2, 0) is 5.41 Å². The molecule has 0 saturated heterocycles. The lowest BCUT2D eigenvalue weighted by atomic mass is 9.86. The summed E-state index contributed by atoms with van der Waals surface area (Å²) in [5.74, 6) is 0.969. The number of rotatable bonds is 6. The highest BCUT2D eigenvalue weighted by atomic mass is 14.9. The number of hydrogen-bond acceptors (Lipinski definition) is 1. The summed E-state index contributed by atoms with van der Waals surface area (Å²) < 4.78 is 0. The first-order valence-electron chi connectivity index (χ1n) is 7.84. The van der Waals surface area contributed by atoms with Crippen molar-refractivity contribution in [2.45, 2.75) is 64.8 Å². The maximum Gasteiger partial charge on any atom is 0.0322 e. The van der Waals surface area contributed by atoms with Crippen molar-refractivity contribution in [1.29, 1.82) is 0 Å². The van der Waals surface area contributed by atoms with Gasteiger partial charge in [0.25, 0.3) is 0 Å². The van der Waals surface area contributed by atoms with Gasteiger partial charge in [-0.15, -0.1) is 0 Å². The Hall–Kier alpha value is -0.820. The highest BCUT2D eigenvalue weighted by Crippen LogP contribution is 2.38. The van der Waals surface area contributed by atoms with Gasteiger partial charge in [-0.2, -0.15) is 0 Å². The Morgan fingerprint density at radius 3 is 2.26 bits per heavy atom. The molecule has 106 valence electrons. The van der Waals surface area contributed by atoms with E-state index in [4.69, 9.17) is 0 Å². The molecule has 1 aromatic rings. The van der Waals surface area contributed by atoms with Crippen molar-refractivity contribution >= 4 is 0 Å². The second-order valence-corrected chi connectivity index (χ2v) is 7.06. The molecule has 0 heterocycles. The average Bonchev–Trinajstić information content (AvgIpc) is 3.17. The number of nitrogens with one attached hydrogen (secondary N) is 1. The predicted octanol–water partition coefficient (Wildman–Crippen LogP) is 4.82. The van der Waals surface area contributed by atoms with Crippen LogP contribution in [0.25, 0.3) is 0 Å². The van der Waals surface area contributed by atoms with Gasteiger partial charge in [-0.25, -0.2) is 0 Å². The van der Waals surface area contributed by atoms with Crippen molar-refractivity contribution < 1.29 is 0 Å². The molecule has 19 heavy (non-hydrogen) atoms. The highest BCUT2D eigenvalue weighted by Gasteiger charge is 2.26. The Morgan fingerprint density at radius 2 is 1.79 bits per heavy atom. The van der Waals surface area contributed by atoms with Gasteiger partial charge in [-0.05, 0) is 41.8 Å². The first-order valence-corrected chi connectivity index (χ1v) is 7.84. The van der Waals surface area contributed by atoms with Gasteiger partial charge >= 0.3 is 0 Å². The predicted molar refractivity (Wildman–Crippen MR) is 83.5 cm³/mol. The zero-order valence-corrected chi connectivity index (χ0v) is 13.0. The summed E-state index contributed by atoms with van der Waals surface area (Å²) >= 11 is 0. The monoisotopic (exact) mass is 259 g/mol. The average molecular weight is 259 g/mol. The SMILES string of the molecule is CCCNC(CC1CC1)c1ccc(C(C)(C)C)cc1. The van der Waals surface area contributed by atoms with Gasteiger partial charge in [0.1, 0.15) is 0 Å². The maximum absolute atomic E-state index is 3.72. The molecule has 1 unspecified atom stereocenters. The molecule has 1 aliphatic rings. The van der Waals surface area contributed by atoms with E-state index in [0.717, 1.165) is 12.5 Å². The second kappa shape index (κ2) is 6.09. The molecular formula is C18H29N. The Labute approximate surface area is 118 Å². The standard InChI is InChI=1S/C18H29N/c1-5-12-19-17(13-14-6-7-14)15-8-10-16(11-9-15)18(2,3)4/h8-11,14,17,19H,5-7,12-13H2,1-4H3. The molecule has 0 amide bonds. The van der Waals surface area contributed by atoms with E-state index in [1.165, 1.54) is 36.8 Å². The summed E-state index contributed by atoms with van der Waals surface area (Å²) in [4.78, 5) is 0. The molecule has 2 rings (SSSR count). The van der Waals surface area contributed by atoms with Gasteiger partial charge in [0.2, 0.25) is 0 Å². The fourth-order valence-corrected chi connectivity index (χ4v) is 2.56. The van der Waals surface area contributed by atoms with E-state index in [-0.39, 0.29) is 5.41 Å². The first kappa shape index (κ1) is 14.6. The van der Waals surface area contributed by atoms with Crippen LogP contribution in [0.2, 0.25) is 0 Å². The summed E-state index contributed by atoms with van der Waals surface area (Å²) in [6.45, 7) is 10.2. The Balaban J connectivity index is 2.07. The molecule has 0 aromatic heterocycles. The van der Waals surface area contributed by atoms with Crippen molar-refractivity contribution in [3.05, 3.63) is 35.4 Å². The second-order valence-electron chi connectivity index (χ2n) is 7.06. The molecule has 1 atom stereocenters. The van der Waals surface area contributed by atoms with Gasteiger partial charge in [-0.1, -0.05) is 64.8 Å². The van der Waals surface area contributed by atoms with Crippen LogP contribution < -0.4 is 5.32 Å². The minimum Gasteiger partial charge on any atom is -0.310 e. The van der Waals surface area contributed by atoms with Crippen molar-refractivity contribution in [2.24, 2.45) is 5.92 Å². The normalized spacial score (nSPS) is 17.5. The van der Waals surface area contributed by atoms with Crippen LogP contribution in [0.3, 0.4) is 0 Å². The topological polar surface area (TPSA) is 12.0 Å². The van der Waals surface area contributed by atoms with Gasteiger partial charge in [0.05, 0.1) is 0 Å². The lowest BCUT2D eigenvalue weighted by Crippen LogP contribution is -2.23. The van der Waals surface area contributed by atoms with Crippen LogP contribution in [0, 0.1) is 5.92 Å². The van der Waals surface area contributed by atoms with Crippen molar-refractivity contribution in [1.82, 2.24) is 5.32 Å². The molecular weight excluding hydrogens is 230 g/mol. The third-order valence-electron chi connectivity index (χ3n) is 4.09. The molecule has 1 aliphatic carbocycles. The van der Waals surface area contributed by atoms with Crippen molar-refractivity contribution in [2.75, 3.05) is 6.54 Å². The maximum atomic E-state index is 3.72. The first-order chi connectivity index (χ1) is 9.00. The zero-order chi connectivity index (χ0) is 13.9. The van der Waals surface area contributed by atoms with Crippen molar-refractivity contribution in [3.63, 3.8) is 0 Å². The summed E-state index contributed by atoms with van der Waals surface area (Å²) in [6.07, 6.45) is 5.39. The van der Waals surface area contributed by atoms with E-state index < -0.39 is 0 Å². The molecule has 1 nitrogen and oxygen atoms in total. The molecule has 0 bridgehead atoms. The lowest BCUT2D eigenvalue weighted by molar-refractivity contribution is 0.473. The molecule has 1 N–H and O–H groups in total. The third kappa shape index (κ3) is 4.35. The third-order valence-corrected chi connectivity index (χ3v) is 4.09. The van der Waals surface area contributed by atoms with Crippen LogP contribution in [0.1, 0.15) is 70.5 Å². The van der Waals surface area contributed by atoms with E-state index in [1.807, 2.05) is 0 Å². The number of hydrogen-bond donors (Lipinski definition) is 1. The minimum absolute atomic E-state index is 0.251. The van der Waals surface area contributed by atoms with E-state index >= 15 is 0 Å². The molecule has 1 fully saturated rings. The summed E-state index contributed by atoms with van der Waals surface area (Å²) in [6, 6.07) is 9.83. The smallest absolute Gasteiger partial charge is 0.0322 e. The van der Waals surface area contributed by atoms with E-state index in [0.29, 0.717) is 6.04 Å². The molecule has 0 spiro atoms. The fraction of sp³-hybridized carbons (Fsp3) is 0.667. The highest BCUT2D eigenvalue weighted by molar-refractivity contribution is 5.29. The van der Waals surface area contributed by atoms with Crippen LogP contribution >= 0.6 is 0 Å². The lowest BCUT2D eigenvalue weighted by Gasteiger charge is -2.22. The Morgan fingerprint density at radius 1 is 1.16 bits per heavy atom. The van der Waals surface area contributed by atoms with Gasteiger partial charge in [0.15, 0.2) is 0 Å². The summed E-state index contributed by atoms with van der Waals surface area (Å²) in [5.41, 5.74) is 3.15. The molecule has 0 aliphatic heterocycles.